The van der Waals surface area contributed by atoms with Gasteiger partial charge in [0.05, 0.1) is 35.1 Å². The number of imidazole rings is 1. The van der Waals surface area contributed by atoms with E-state index in [2.05, 4.69) is 25.9 Å². The minimum Gasteiger partial charge on any atom is -0.364 e. The summed E-state index contributed by atoms with van der Waals surface area (Å²) in [5.41, 5.74) is 3.90. The molecule has 4 aromatic rings. The van der Waals surface area contributed by atoms with E-state index in [1.807, 2.05) is 24.3 Å². The van der Waals surface area contributed by atoms with Crippen LogP contribution in [0.15, 0.2) is 90.3 Å². The summed E-state index contributed by atoms with van der Waals surface area (Å²) in [4.78, 5) is 14.1. The molecule has 3 heterocycles. The summed E-state index contributed by atoms with van der Waals surface area (Å²) in [5, 5.41) is 9.52. The van der Waals surface area contributed by atoms with E-state index < -0.39 is 16.1 Å². The summed E-state index contributed by atoms with van der Waals surface area (Å²) in [6, 6.07) is 21.4. The van der Waals surface area contributed by atoms with Gasteiger partial charge in [0.15, 0.2) is 0 Å². The summed E-state index contributed by atoms with van der Waals surface area (Å²) in [6.07, 6.45) is 5.56. The lowest BCUT2D eigenvalue weighted by Crippen LogP contribution is -2.45. The smallest absolute Gasteiger partial charge is 0.243 e. The van der Waals surface area contributed by atoms with Gasteiger partial charge in [-0.25, -0.2) is 13.4 Å². The van der Waals surface area contributed by atoms with Gasteiger partial charge >= 0.3 is 0 Å². The predicted octanol–water partition coefficient (Wildman–Crippen LogP) is 3.50. The van der Waals surface area contributed by atoms with Crippen LogP contribution in [0.2, 0.25) is 0 Å². The lowest BCUT2D eigenvalue weighted by molar-refractivity contribution is 0.316. The van der Waals surface area contributed by atoms with Gasteiger partial charge in [0.25, 0.3) is 0 Å². The van der Waals surface area contributed by atoms with E-state index in [0.29, 0.717) is 25.1 Å². The van der Waals surface area contributed by atoms with E-state index in [1.165, 1.54) is 0 Å². The molecule has 0 bridgehead atoms. The molecule has 2 aromatic carbocycles. The molecule has 9 heteroatoms. The van der Waals surface area contributed by atoms with E-state index in [1.54, 1.807) is 65.5 Å². The maximum Gasteiger partial charge on any atom is 0.243 e. The highest BCUT2D eigenvalue weighted by Gasteiger charge is 2.36. The van der Waals surface area contributed by atoms with Crippen LogP contribution in [0.3, 0.4) is 0 Å². The van der Waals surface area contributed by atoms with Crippen LogP contribution in [-0.2, 0) is 29.5 Å². The zero-order valence-electron chi connectivity index (χ0n) is 18.9. The van der Waals surface area contributed by atoms with E-state index in [4.69, 9.17) is 0 Å². The Morgan fingerprint density at radius 3 is 2.63 bits per heavy atom. The van der Waals surface area contributed by atoms with Crippen molar-refractivity contribution in [1.82, 2.24) is 19.3 Å². The minimum absolute atomic E-state index is 0.152. The lowest BCUT2D eigenvalue weighted by Gasteiger charge is -2.32. The summed E-state index contributed by atoms with van der Waals surface area (Å²) in [7, 11) is -3.83. The number of nitrogens with one attached hydrogen (secondary N) is 1. The molecule has 2 aromatic heterocycles. The van der Waals surface area contributed by atoms with Gasteiger partial charge in [-0.1, -0.05) is 24.3 Å². The van der Waals surface area contributed by atoms with Crippen molar-refractivity contribution in [3.05, 3.63) is 108 Å². The fourth-order valence-electron chi connectivity index (χ4n) is 4.49. The standard InChI is InChI=1S/C26H24N6O2S/c27-14-20-9-10-26-21(12-20)16-32(35(33,34)25-7-2-1-3-8-25)24(13-22-6-4-5-11-29-22)18-31(26)17-23-15-28-19-30-23/h1-12,15,19,24H,13,16-18H2,(H,28,30)/t24-/m1/s1. The molecule has 0 aliphatic carbocycles. The summed E-state index contributed by atoms with van der Waals surface area (Å²) in [5.74, 6) is 0. The number of hydrogen-bond acceptors (Lipinski definition) is 6. The first-order valence-electron chi connectivity index (χ1n) is 11.3. The Bertz CT molecular complexity index is 1430. The lowest BCUT2D eigenvalue weighted by atomic mass is 10.1. The van der Waals surface area contributed by atoms with E-state index in [9.17, 15) is 13.7 Å². The topological polar surface area (TPSA) is 106 Å². The molecular weight excluding hydrogens is 460 g/mol. The number of aromatic amines is 1. The van der Waals surface area contributed by atoms with Gasteiger partial charge in [0.1, 0.15) is 0 Å². The number of anilines is 1. The second-order valence-corrected chi connectivity index (χ2v) is 10.3. The number of sulfonamides is 1. The number of nitrogens with zero attached hydrogens (tertiary/aromatic N) is 5. The maximum atomic E-state index is 13.9. The summed E-state index contributed by atoms with van der Waals surface area (Å²) in [6.45, 7) is 1.12. The van der Waals surface area contributed by atoms with Crippen molar-refractivity contribution < 1.29 is 8.42 Å². The fraction of sp³-hybridized carbons (Fsp3) is 0.192. The van der Waals surface area contributed by atoms with Gasteiger partial charge in [-0.05, 0) is 48.0 Å². The highest BCUT2D eigenvalue weighted by Crippen LogP contribution is 2.33. The third-order valence-electron chi connectivity index (χ3n) is 6.15. The molecular formula is C26H24N6O2S. The molecule has 8 nitrogen and oxygen atoms in total. The zero-order chi connectivity index (χ0) is 24.3. The molecule has 0 fully saturated rings. The fourth-order valence-corrected chi connectivity index (χ4v) is 6.11. The number of benzene rings is 2. The molecule has 1 atom stereocenters. The van der Waals surface area contributed by atoms with Gasteiger partial charge < -0.3 is 9.88 Å². The molecule has 176 valence electrons. The summed E-state index contributed by atoms with van der Waals surface area (Å²) >= 11 is 0. The SMILES string of the molecule is N#Cc1ccc2c(c1)CN(S(=O)(=O)c1ccccc1)[C@H](Cc1ccccn1)CN2Cc1cnc[nH]1. The Hall–Kier alpha value is -4.00. The molecule has 5 rings (SSSR count). The summed E-state index contributed by atoms with van der Waals surface area (Å²) < 4.78 is 29.4. The Balaban J connectivity index is 1.62. The number of pyridine rings is 1. The van der Waals surface area contributed by atoms with Crippen LogP contribution in [0.4, 0.5) is 5.69 Å². The molecule has 0 amide bonds. The Labute approximate surface area is 204 Å². The quantitative estimate of drug-likeness (QED) is 0.449. The van der Waals surface area contributed by atoms with Crippen LogP contribution in [0.5, 0.6) is 0 Å². The van der Waals surface area contributed by atoms with Crippen LogP contribution in [0.25, 0.3) is 0 Å². The van der Waals surface area contributed by atoms with E-state index >= 15 is 0 Å². The average Bonchev–Trinajstić information content (AvgIpc) is 3.35. The van der Waals surface area contributed by atoms with E-state index in [-0.39, 0.29) is 11.4 Å². The van der Waals surface area contributed by atoms with Gasteiger partial charge in [0.2, 0.25) is 10.0 Å². The molecule has 1 aliphatic rings. The molecule has 0 radical (unpaired) electrons. The molecule has 0 saturated carbocycles. The normalized spacial score (nSPS) is 16.3. The van der Waals surface area contributed by atoms with Crippen molar-refractivity contribution >= 4 is 15.7 Å². The van der Waals surface area contributed by atoms with Crippen molar-refractivity contribution in [2.24, 2.45) is 0 Å². The Morgan fingerprint density at radius 2 is 1.91 bits per heavy atom. The number of aromatic nitrogens is 3. The number of hydrogen-bond donors (Lipinski definition) is 1. The van der Waals surface area contributed by atoms with Crippen LogP contribution in [0.1, 0.15) is 22.5 Å². The predicted molar refractivity (Wildman–Crippen MR) is 132 cm³/mol. The number of rotatable bonds is 6. The van der Waals surface area contributed by atoms with Crippen LogP contribution < -0.4 is 4.90 Å². The Kier molecular flexibility index (Phi) is 6.31. The first-order valence-corrected chi connectivity index (χ1v) is 12.7. The first kappa shape index (κ1) is 22.8. The average molecular weight is 485 g/mol. The van der Waals surface area contributed by atoms with Gasteiger partial charge in [-0.15, -0.1) is 0 Å². The van der Waals surface area contributed by atoms with Gasteiger partial charge in [-0.3, -0.25) is 4.98 Å². The van der Waals surface area contributed by atoms with Gasteiger partial charge in [0, 0.05) is 49.3 Å². The van der Waals surface area contributed by atoms with Crippen LogP contribution >= 0.6 is 0 Å². The number of H-pyrrole nitrogens is 1. The number of fused-ring (bicyclic) bond motifs is 1. The first-order chi connectivity index (χ1) is 17.0. The maximum absolute atomic E-state index is 13.9. The van der Waals surface area contributed by atoms with Gasteiger partial charge in [-0.2, -0.15) is 9.57 Å². The zero-order valence-corrected chi connectivity index (χ0v) is 19.8. The minimum atomic E-state index is -3.83. The monoisotopic (exact) mass is 484 g/mol. The third-order valence-corrected chi connectivity index (χ3v) is 8.06. The second kappa shape index (κ2) is 9.70. The highest BCUT2D eigenvalue weighted by molar-refractivity contribution is 7.89. The second-order valence-electron chi connectivity index (χ2n) is 8.46. The highest BCUT2D eigenvalue weighted by atomic mass is 32.2. The largest absolute Gasteiger partial charge is 0.364 e. The Morgan fingerprint density at radius 1 is 1.09 bits per heavy atom. The molecule has 0 saturated heterocycles. The molecule has 0 spiro atoms. The van der Waals surface area contributed by atoms with Crippen LogP contribution in [-0.4, -0.2) is 40.3 Å². The van der Waals surface area contributed by atoms with Crippen molar-refractivity contribution in [3.8, 4) is 6.07 Å². The molecule has 0 unspecified atom stereocenters. The third kappa shape index (κ3) is 4.80. The van der Waals surface area contributed by atoms with Crippen LogP contribution in [0, 0.1) is 11.3 Å². The molecule has 1 N–H and O–H groups in total. The molecule has 1 aliphatic heterocycles. The van der Waals surface area contributed by atoms with Crippen molar-refractivity contribution in [3.63, 3.8) is 0 Å². The number of nitriles is 1. The molecule has 35 heavy (non-hydrogen) atoms. The van der Waals surface area contributed by atoms with Crippen molar-refractivity contribution in [1.29, 1.82) is 5.26 Å². The van der Waals surface area contributed by atoms with Crippen molar-refractivity contribution in [2.75, 3.05) is 11.4 Å². The van der Waals surface area contributed by atoms with Crippen molar-refractivity contribution in [2.45, 2.75) is 30.4 Å². The van der Waals surface area contributed by atoms with E-state index in [0.717, 1.165) is 22.6 Å².